The fourth-order valence-electron chi connectivity index (χ4n) is 3.31. The van der Waals surface area contributed by atoms with Crippen molar-refractivity contribution in [2.24, 2.45) is 10.9 Å². The van der Waals surface area contributed by atoms with Gasteiger partial charge in [-0.1, -0.05) is 39.5 Å². The third-order valence-electron chi connectivity index (χ3n) is 4.61. The van der Waals surface area contributed by atoms with Crippen LogP contribution in [0.3, 0.4) is 0 Å². The lowest BCUT2D eigenvalue weighted by atomic mass is 9.97. The van der Waals surface area contributed by atoms with Gasteiger partial charge in [0.05, 0.1) is 17.1 Å². The zero-order chi connectivity index (χ0) is 15.4. The maximum Gasteiger partial charge on any atom is 0.0907 e. The van der Waals surface area contributed by atoms with Crippen molar-refractivity contribution in [3.63, 3.8) is 0 Å². The monoisotopic (exact) mass is 333 g/mol. The molecule has 0 spiro atoms. The van der Waals surface area contributed by atoms with Crippen LogP contribution in [0.4, 0.5) is 0 Å². The summed E-state index contributed by atoms with van der Waals surface area (Å²) in [4.78, 5) is 8.11. The second-order valence-electron chi connectivity index (χ2n) is 6.72. The lowest BCUT2D eigenvalue weighted by Crippen LogP contribution is -2.23. The van der Waals surface area contributed by atoms with Crippen LogP contribution in [0.1, 0.15) is 58.1 Å². The molecule has 0 radical (unpaired) electrons. The van der Waals surface area contributed by atoms with Crippen molar-refractivity contribution in [1.29, 1.82) is 0 Å². The topological polar surface area (TPSA) is 40.2 Å². The number of rotatable bonds is 4. The molecule has 0 bridgehead atoms. The molecular formula is C19H28ClN3. The molecule has 1 aromatic heterocycles. The van der Waals surface area contributed by atoms with E-state index in [9.17, 15) is 0 Å². The minimum absolute atomic E-state index is 0. The normalized spacial score (nSPS) is 20.9. The summed E-state index contributed by atoms with van der Waals surface area (Å²) in [6.45, 7) is 4.46. The van der Waals surface area contributed by atoms with Crippen LogP contribution < -0.4 is 5.32 Å². The quantitative estimate of drug-likeness (QED) is 0.750. The fourth-order valence-corrected chi connectivity index (χ4v) is 3.31. The molecular weight excluding hydrogens is 306 g/mol. The molecule has 1 aliphatic carbocycles. The van der Waals surface area contributed by atoms with Crippen LogP contribution in [0.5, 0.6) is 0 Å². The molecule has 1 fully saturated rings. The minimum atomic E-state index is 0. The smallest absolute Gasteiger partial charge is 0.0907 e. The highest BCUT2D eigenvalue weighted by atomic mass is 35.5. The molecule has 2 N–H and O–H groups in total. The van der Waals surface area contributed by atoms with Gasteiger partial charge in [-0.05, 0) is 42.5 Å². The van der Waals surface area contributed by atoms with Crippen LogP contribution in [-0.4, -0.2) is 16.7 Å². The summed E-state index contributed by atoms with van der Waals surface area (Å²) in [6.07, 6.45) is 14.4. The van der Waals surface area contributed by atoms with Crippen molar-refractivity contribution in [3.05, 3.63) is 47.6 Å². The third kappa shape index (κ3) is 4.51. The maximum absolute atomic E-state index is 4.83. The average Bonchev–Trinajstić information content (AvgIpc) is 3.10. The first-order chi connectivity index (χ1) is 10.7. The molecule has 2 heterocycles. The fraction of sp³-hybridized carbons (Fsp3) is 0.526. The molecule has 0 saturated heterocycles. The van der Waals surface area contributed by atoms with E-state index in [0.29, 0.717) is 12.0 Å². The van der Waals surface area contributed by atoms with Crippen molar-refractivity contribution in [2.45, 2.75) is 58.4 Å². The van der Waals surface area contributed by atoms with Crippen molar-refractivity contribution < 1.29 is 0 Å². The van der Waals surface area contributed by atoms with Gasteiger partial charge in [0.25, 0.3) is 0 Å². The second kappa shape index (κ2) is 8.39. The number of H-pyrrole nitrogens is 1. The molecule has 1 aromatic rings. The SMILES string of the molecule is CC(C)C1=CC(=CNC2CCCCCC2)N=C1c1ccc[nH]1.Cl. The Hall–Kier alpha value is -1.48. The lowest BCUT2D eigenvalue weighted by Gasteiger charge is -2.14. The Morgan fingerprint density at radius 3 is 2.57 bits per heavy atom. The highest BCUT2D eigenvalue weighted by Gasteiger charge is 2.20. The van der Waals surface area contributed by atoms with Crippen LogP contribution in [0.15, 0.2) is 46.9 Å². The molecule has 0 aromatic carbocycles. The van der Waals surface area contributed by atoms with E-state index in [1.165, 1.54) is 44.1 Å². The molecule has 0 amide bonds. The largest absolute Gasteiger partial charge is 0.386 e. The van der Waals surface area contributed by atoms with Crippen LogP contribution in [-0.2, 0) is 0 Å². The summed E-state index contributed by atoms with van der Waals surface area (Å²) in [7, 11) is 0. The Balaban J connectivity index is 0.00000192. The highest BCUT2D eigenvalue weighted by Crippen LogP contribution is 2.26. The lowest BCUT2D eigenvalue weighted by molar-refractivity contribution is 0.515. The van der Waals surface area contributed by atoms with E-state index in [2.05, 4.69) is 42.5 Å². The number of aliphatic imine (C=N–C) groups is 1. The van der Waals surface area contributed by atoms with Crippen LogP contribution >= 0.6 is 12.4 Å². The Labute approximate surface area is 145 Å². The Morgan fingerprint density at radius 2 is 1.96 bits per heavy atom. The maximum atomic E-state index is 4.83. The van der Waals surface area contributed by atoms with Gasteiger partial charge >= 0.3 is 0 Å². The molecule has 0 unspecified atom stereocenters. The zero-order valence-corrected chi connectivity index (χ0v) is 15.0. The van der Waals surface area contributed by atoms with E-state index in [1.54, 1.807) is 0 Å². The van der Waals surface area contributed by atoms with E-state index >= 15 is 0 Å². The van der Waals surface area contributed by atoms with Crippen molar-refractivity contribution in [2.75, 3.05) is 0 Å². The van der Waals surface area contributed by atoms with E-state index in [4.69, 9.17) is 4.99 Å². The van der Waals surface area contributed by atoms with Crippen molar-refractivity contribution in [1.82, 2.24) is 10.3 Å². The van der Waals surface area contributed by atoms with Gasteiger partial charge in [-0.3, -0.25) is 0 Å². The predicted molar refractivity (Wildman–Crippen MR) is 100 cm³/mol. The highest BCUT2D eigenvalue weighted by molar-refractivity contribution is 6.14. The summed E-state index contributed by atoms with van der Waals surface area (Å²) in [6, 6.07) is 4.74. The van der Waals surface area contributed by atoms with Gasteiger partial charge in [-0.25, -0.2) is 4.99 Å². The number of nitrogens with one attached hydrogen (secondary N) is 2. The van der Waals surface area contributed by atoms with Gasteiger partial charge in [0, 0.05) is 18.4 Å². The molecule has 2 aliphatic rings. The summed E-state index contributed by atoms with van der Waals surface area (Å²) in [5, 5.41) is 3.60. The second-order valence-corrected chi connectivity index (χ2v) is 6.72. The van der Waals surface area contributed by atoms with Gasteiger partial charge in [0.2, 0.25) is 0 Å². The molecule has 3 rings (SSSR count). The van der Waals surface area contributed by atoms with Crippen LogP contribution in [0.2, 0.25) is 0 Å². The van der Waals surface area contributed by atoms with Gasteiger partial charge in [0.15, 0.2) is 0 Å². The molecule has 4 heteroatoms. The number of halogens is 1. The molecule has 1 saturated carbocycles. The molecule has 1 aliphatic heterocycles. The zero-order valence-electron chi connectivity index (χ0n) is 14.1. The molecule has 0 atom stereocenters. The number of aromatic amines is 1. The van der Waals surface area contributed by atoms with Crippen LogP contribution in [0.25, 0.3) is 0 Å². The summed E-state index contributed by atoms with van der Waals surface area (Å²) >= 11 is 0. The Kier molecular flexibility index (Phi) is 6.52. The Morgan fingerprint density at radius 1 is 1.22 bits per heavy atom. The number of hydrogen-bond donors (Lipinski definition) is 2. The van der Waals surface area contributed by atoms with E-state index in [-0.39, 0.29) is 12.4 Å². The van der Waals surface area contributed by atoms with Gasteiger partial charge in [-0.2, -0.15) is 0 Å². The van der Waals surface area contributed by atoms with Crippen molar-refractivity contribution in [3.8, 4) is 0 Å². The predicted octanol–water partition coefficient (Wildman–Crippen LogP) is 4.98. The first-order valence-electron chi connectivity index (χ1n) is 8.64. The van der Waals surface area contributed by atoms with Crippen LogP contribution in [0, 0.1) is 5.92 Å². The number of nitrogens with zero attached hydrogens (tertiary/aromatic N) is 1. The summed E-state index contributed by atoms with van der Waals surface area (Å²) in [5.74, 6) is 0.478. The third-order valence-corrected chi connectivity index (χ3v) is 4.61. The van der Waals surface area contributed by atoms with E-state index in [0.717, 1.165) is 17.1 Å². The van der Waals surface area contributed by atoms with Gasteiger partial charge in [0.1, 0.15) is 0 Å². The van der Waals surface area contributed by atoms with Gasteiger partial charge in [-0.15, -0.1) is 12.4 Å². The molecule has 126 valence electrons. The summed E-state index contributed by atoms with van der Waals surface area (Å²) in [5.41, 5.74) is 4.57. The van der Waals surface area contributed by atoms with E-state index in [1.807, 2.05) is 12.3 Å². The minimum Gasteiger partial charge on any atom is -0.386 e. The summed E-state index contributed by atoms with van der Waals surface area (Å²) < 4.78 is 0. The van der Waals surface area contributed by atoms with Gasteiger partial charge < -0.3 is 10.3 Å². The molecule has 3 nitrogen and oxygen atoms in total. The molecule has 23 heavy (non-hydrogen) atoms. The number of aromatic nitrogens is 1. The van der Waals surface area contributed by atoms with Crippen molar-refractivity contribution >= 4 is 18.1 Å². The standard InChI is InChI=1S/C19H27N3.ClH/c1-14(2)17-12-16(22-19(17)18-10-7-11-20-18)13-21-15-8-5-3-4-6-9-15;/h7,10-15,20-21H,3-6,8-9H2,1-2H3;1H. The Bertz CT molecular complexity index is 574. The van der Waals surface area contributed by atoms with E-state index < -0.39 is 0 Å². The first-order valence-corrected chi connectivity index (χ1v) is 8.64. The average molecular weight is 334 g/mol. The first kappa shape index (κ1) is 17.9. The number of allylic oxidation sites excluding steroid dienone is 2. The number of hydrogen-bond acceptors (Lipinski definition) is 2.